The van der Waals surface area contributed by atoms with E-state index in [9.17, 15) is 9.59 Å². The lowest BCUT2D eigenvalue weighted by atomic mass is 9.94. The average Bonchev–Trinajstić information content (AvgIpc) is 3.04. The van der Waals surface area contributed by atoms with E-state index in [0.29, 0.717) is 5.91 Å². The second-order valence-electron chi connectivity index (χ2n) is 9.05. The molecule has 1 aromatic carbocycles. The van der Waals surface area contributed by atoms with Crippen LogP contribution in [0.25, 0.3) is 0 Å². The van der Waals surface area contributed by atoms with Gasteiger partial charge in [-0.3, -0.25) is 14.5 Å². The van der Waals surface area contributed by atoms with Crippen LogP contribution in [0.2, 0.25) is 0 Å². The van der Waals surface area contributed by atoms with Crippen LogP contribution < -0.4 is 5.32 Å². The molecule has 0 unspecified atom stereocenters. The number of fused-ring (bicyclic) bond motifs is 1. The van der Waals surface area contributed by atoms with Crippen molar-refractivity contribution >= 4 is 17.5 Å². The summed E-state index contributed by atoms with van der Waals surface area (Å²) in [6, 6.07) is 6.15. The van der Waals surface area contributed by atoms with Crippen LogP contribution >= 0.6 is 0 Å². The second-order valence-corrected chi connectivity index (χ2v) is 9.05. The zero-order valence-electron chi connectivity index (χ0n) is 17.8. The molecular weight excluding hydrogens is 362 g/mol. The normalized spacial score (nSPS) is 22.0. The maximum atomic E-state index is 12.9. The van der Waals surface area contributed by atoms with Crippen molar-refractivity contribution in [3.63, 3.8) is 0 Å². The van der Waals surface area contributed by atoms with Crippen LogP contribution in [0.15, 0.2) is 18.2 Å². The first-order valence-corrected chi connectivity index (χ1v) is 11.6. The van der Waals surface area contributed by atoms with Crippen LogP contribution in [-0.4, -0.2) is 53.8 Å². The number of amides is 2. The zero-order valence-corrected chi connectivity index (χ0v) is 17.8. The van der Waals surface area contributed by atoms with Crippen LogP contribution in [0.5, 0.6) is 0 Å². The number of benzene rings is 1. The van der Waals surface area contributed by atoms with Gasteiger partial charge in [0, 0.05) is 24.7 Å². The first-order chi connectivity index (χ1) is 14.1. The molecule has 1 aliphatic carbocycles. The molecule has 1 aromatic rings. The summed E-state index contributed by atoms with van der Waals surface area (Å²) >= 11 is 0. The summed E-state index contributed by atoms with van der Waals surface area (Å²) in [4.78, 5) is 30.0. The lowest BCUT2D eigenvalue weighted by molar-refractivity contribution is -0.137. The van der Waals surface area contributed by atoms with Gasteiger partial charge in [0.25, 0.3) is 0 Å². The average molecular weight is 398 g/mol. The zero-order chi connectivity index (χ0) is 20.2. The Hall–Kier alpha value is -1.88. The van der Waals surface area contributed by atoms with Crippen molar-refractivity contribution < 1.29 is 9.59 Å². The molecule has 158 valence electrons. The highest BCUT2D eigenvalue weighted by atomic mass is 16.2. The van der Waals surface area contributed by atoms with Gasteiger partial charge in [0.1, 0.15) is 0 Å². The first kappa shape index (κ1) is 20.4. The fraction of sp³-hybridized carbons (Fsp3) is 0.667. The molecule has 29 heavy (non-hydrogen) atoms. The van der Waals surface area contributed by atoms with Gasteiger partial charge < -0.3 is 10.2 Å². The van der Waals surface area contributed by atoms with Crippen molar-refractivity contribution in [3.05, 3.63) is 29.3 Å². The molecule has 0 radical (unpaired) electrons. The molecule has 1 atom stereocenters. The van der Waals surface area contributed by atoms with E-state index < -0.39 is 0 Å². The van der Waals surface area contributed by atoms with E-state index in [2.05, 4.69) is 27.2 Å². The number of likely N-dealkylation sites (tertiary alicyclic amines) is 2. The minimum atomic E-state index is -0.169. The highest BCUT2D eigenvalue weighted by molar-refractivity contribution is 5.94. The summed E-state index contributed by atoms with van der Waals surface area (Å²) in [5.41, 5.74) is 3.71. The molecule has 5 heteroatoms. The van der Waals surface area contributed by atoms with Gasteiger partial charge >= 0.3 is 0 Å². The van der Waals surface area contributed by atoms with Gasteiger partial charge in [0.05, 0.1) is 6.04 Å². The summed E-state index contributed by atoms with van der Waals surface area (Å²) in [7, 11) is 0. The Morgan fingerprint density at radius 3 is 2.34 bits per heavy atom. The SMILES string of the molecule is C[C@@H](C(=O)Nc1ccc2c(c1)CCC2)N1CCC(C(=O)N2CCCCCC2)CC1. The van der Waals surface area contributed by atoms with Crippen molar-refractivity contribution in [2.24, 2.45) is 5.92 Å². The number of hydrogen-bond donors (Lipinski definition) is 1. The Morgan fingerprint density at radius 2 is 1.62 bits per heavy atom. The molecule has 2 heterocycles. The van der Waals surface area contributed by atoms with Crippen molar-refractivity contribution in [1.29, 1.82) is 0 Å². The smallest absolute Gasteiger partial charge is 0.241 e. The Labute approximate surface area is 174 Å². The minimum Gasteiger partial charge on any atom is -0.342 e. The molecule has 4 rings (SSSR count). The van der Waals surface area contributed by atoms with Gasteiger partial charge in [-0.05, 0) is 88.2 Å². The number of aryl methyl sites for hydroxylation is 2. The number of piperidine rings is 1. The maximum Gasteiger partial charge on any atom is 0.241 e. The number of hydrogen-bond acceptors (Lipinski definition) is 3. The molecule has 0 aromatic heterocycles. The van der Waals surface area contributed by atoms with Gasteiger partial charge in [-0.1, -0.05) is 18.9 Å². The van der Waals surface area contributed by atoms with Gasteiger partial charge in [0.2, 0.25) is 11.8 Å². The highest BCUT2D eigenvalue weighted by Crippen LogP contribution is 2.26. The number of carbonyl (C=O) groups excluding carboxylic acids is 2. The number of anilines is 1. The van der Waals surface area contributed by atoms with Gasteiger partial charge in [0.15, 0.2) is 0 Å². The van der Waals surface area contributed by atoms with Gasteiger partial charge in [-0.2, -0.15) is 0 Å². The molecule has 0 spiro atoms. The quantitative estimate of drug-likeness (QED) is 0.844. The van der Waals surface area contributed by atoms with Crippen LogP contribution in [0.1, 0.15) is 63.0 Å². The summed E-state index contributed by atoms with van der Waals surface area (Å²) in [6.45, 7) is 5.49. The third-order valence-corrected chi connectivity index (χ3v) is 7.09. The molecule has 3 aliphatic rings. The van der Waals surface area contributed by atoms with E-state index in [1.54, 1.807) is 0 Å². The summed E-state index contributed by atoms with van der Waals surface area (Å²) in [5, 5.41) is 3.11. The van der Waals surface area contributed by atoms with Crippen LogP contribution in [-0.2, 0) is 22.4 Å². The molecule has 2 fully saturated rings. The number of carbonyl (C=O) groups is 2. The van der Waals surface area contributed by atoms with Crippen molar-refractivity contribution in [2.75, 3.05) is 31.5 Å². The van der Waals surface area contributed by atoms with Crippen LogP contribution in [0.3, 0.4) is 0 Å². The van der Waals surface area contributed by atoms with E-state index in [1.165, 1.54) is 30.4 Å². The Morgan fingerprint density at radius 1 is 0.931 bits per heavy atom. The highest BCUT2D eigenvalue weighted by Gasteiger charge is 2.32. The fourth-order valence-corrected chi connectivity index (χ4v) is 5.15. The van der Waals surface area contributed by atoms with Crippen LogP contribution in [0.4, 0.5) is 5.69 Å². The maximum absolute atomic E-state index is 12.9. The van der Waals surface area contributed by atoms with Gasteiger partial charge in [-0.15, -0.1) is 0 Å². The van der Waals surface area contributed by atoms with E-state index in [1.807, 2.05) is 13.0 Å². The third-order valence-electron chi connectivity index (χ3n) is 7.09. The molecular formula is C24H35N3O2. The molecule has 2 saturated heterocycles. The monoisotopic (exact) mass is 397 g/mol. The summed E-state index contributed by atoms with van der Waals surface area (Å²) in [5.74, 6) is 0.540. The molecule has 0 saturated carbocycles. The minimum absolute atomic E-state index is 0.0558. The molecule has 2 aliphatic heterocycles. The Kier molecular flexibility index (Phi) is 6.53. The Bertz CT molecular complexity index is 732. The summed E-state index contributed by atoms with van der Waals surface area (Å²) < 4.78 is 0. The van der Waals surface area contributed by atoms with E-state index >= 15 is 0 Å². The van der Waals surface area contributed by atoms with E-state index in [-0.39, 0.29) is 17.9 Å². The first-order valence-electron chi connectivity index (χ1n) is 11.6. The lowest BCUT2D eigenvalue weighted by Crippen LogP contribution is -2.48. The van der Waals surface area contributed by atoms with Crippen molar-refractivity contribution in [2.45, 2.75) is 70.8 Å². The summed E-state index contributed by atoms with van der Waals surface area (Å²) in [6.07, 6.45) is 10.0. The largest absolute Gasteiger partial charge is 0.342 e. The molecule has 2 amide bonds. The standard InChI is InChI=1S/C24H35N3O2/c1-18(23(28)25-22-10-9-19-7-6-8-21(19)17-22)26-15-11-20(12-16-26)24(29)27-13-4-2-3-5-14-27/h9-10,17-18,20H,2-8,11-16H2,1H3,(H,25,28)/t18-/m0/s1. The number of nitrogens with one attached hydrogen (secondary N) is 1. The number of rotatable bonds is 4. The predicted molar refractivity (Wildman–Crippen MR) is 116 cm³/mol. The topological polar surface area (TPSA) is 52.7 Å². The number of nitrogens with zero attached hydrogens (tertiary/aromatic N) is 2. The third kappa shape index (κ3) is 4.82. The van der Waals surface area contributed by atoms with E-state index in [0.717, 1.165) is 70.4 Å². The fourth-order valence-electron chi connectivity index (χ4n) is 5.15. The molecule has 0 bridgehead atoms. The van der Waals surface area contributed by atoms with E-state index in [4.69, 9.17) is 0 Å². The molecule has 5 nitrogen and oxygen atoms in total. The van der Waals surface area contributed by atoms with Gasteiger partial charge in [-0.25, -0.2) is 0 Å². The van der Waals surface area contributed by atoms with Crippen molar-refractivity contribution in [1.82, 2.24) is 9.80 Å². The lowest BCUT2D eigenvalue weighted by Gasteiger charge is -2.36. The van der Waals surface area contributed by atoms with Crippen molar-refractivity contribution in [3.8, 4) is 0 Å². The van der Waals surface area contributed by atoms with Crippen LogP contribution in [0, 0.1) is 5.92 Å². The Balaban J connectivity index is 1.27. The predicted octanol–water partition coefficient (Wildman–Crippen LogP) is 3.62. The second kappa shape index (κ2) is 9.29. The molecule has 1 N–H and O–H groups in total.